The third-order valence-corrected chi connectivity index (χ3v) is 3.54. The third-order valence-electron chi connectivity index (χ3n) is 3.54. The lowest BCUT2D eigenvalue weighted by molar-refractivity contribution is 0.414. The van der Waals surface area contributed by atoms with Crippen molar-refractivity contribution in [2.45, 2.75) is 32.1 Å². The number of hydrogen-bond donors (Lipinski definition) is 1. The number of nitriles is 1. The number of aromatic nitrogens is 3. The molecule has 0 saturated heterocycles. The molecular weight excluding hydrogens is 228 g/mol. The van der Waals surface area contributed by atoms with Crippen molar-refractivity contribution in [3.05, 3.63) is 23.7 Å². The van der Waals surface area contributed by atoms with Gasteiger partial charge < -0.3 is 9.51 Å². The Bertz CT molecular complexity index is 592. The van der Waals surface area contributed by atoms with Gasteiger partial charge in [0.1, 0.15) is 11.8 Å². The summed E-state index contributed by atoms with van der Waals surface area (Å²) in [6.07, 6.45) is 5.13. The van der Waals surface area contributed by atoms with Gasteiger partial charge in [0.2, 0.25) is 0 Å². The Hall–Kier alpha value is -2.09. The van der Waals surface area contributed by atoms with E-state index in [1.807, 2.05) is 0 Å². The highest BCUT2D eigenvalue weighted by Crippen LogP contribution is 2.37. The fourth-order valence-corrected chi connectivity index (χ4v) is 2.53. The summed E-state index contributed by atoms with van der Waals surface area (Å²) < 4.78 is 5.25. The minimum absolute atomic E-state index is 0.419. The van der Waals surface area contributed by atoms with Crippen molar-refractivity contribution in [1.29, 1.82) is 5.26 Å². The summed E-state index contributed by atoms with van der Waals surface area (Å²) in [7, 11) is 0. The molecule has 1 aliphatic carbocycles. The molecule has 2 aromatic heterocycles. The third kappa shape index (κ3) is 1.90. The molecule has 1 fully saturated rings. The van der Waals surface area contributed by atoms with Crippen LogP contribution in [0.3, 0.4) is 0 Å². The van der Waals surface area contributed by atoms with Gasteiger partial charge in [-0.2, -0.15) is 10.2 Å². The van der Waals surface area contributed by atoms with Gasteiger partial charge in [0, 0.05) is 12.1 Å². The summed E-state index contributed by atoms with van der Waals surface area (Å²) in [5.41, 5.74) is 1.27. The number of nitrogens with zero attached hydrogens (tertiary/aromatic N) is 3. The van der Waals surface area contributed by atoms with Gasteiger partial charge >= 0.3 is 0 Å². The van der Waals surface area contributed by atoms with E-state index in [1.54, 1.807) is 12.3 Å². The molecule has 0 radical (unpaired) electrons. The minimum Gasteiger partial charge on any atom is -0.356 e. The molecule has 1 saturated carbocycles. The van der Waals surface area contributed by atoms with Gasteiger partial charge in [-0.05, 0) is 31.2 Å². The molecule has 2 aromatic rings. The molecule has 0 amide bonds. The van der Waals surface area contributed by atoms with E-state index >= 15 is 0 Å². The van der Waals surface area contributed by atoms with Crippen LogP contribution in [0.25, 0.3) is 11.6 Å². The van der Waals surface area contributed by atoms with E-state index in [2.05, 4.69) is 28.1 Å². The quantitative estimate of drug-likeness (QED) is 0.878. The molecule has 1 aliphatic rings. The number of H-pyrrole nitrogens is 1. The molecule has 2 heterocycles. The molecule has 2 unspecified atom stereocenters. The van der Waals surface area contributed by atoms with Crippen LogP contribution in [0.1, 0.15) is 43.5 Å². The molecule has 0 bridgehead atoms. The summed E-state index contributed by atoms with van der Waals surface area (Å²) in [6, 6.07) is 3.78. The van der Waals surface area contributed by atoms with E-state index in [4.69, 9.17) is 9.78 Å². The topological polar surface area (TPSA) is 78.5 Å². The van der Waals surface area contributed by atoms with Crippen LogP contribution >= 0.6 is 0 Å². The van der Waals surface area contributed by atoms with Crippen LogP contribution in [0.15, 0.2) is 16.8 Å². The van der Waals surface area contributed by atoms with Crippen molar-refractivity contribution in [2.24, 2.45) is 5.92 Å². The number of hydrogen-bond acceptors (Lipinski definition) is 4. The van der Waals surface area contributed by atoms with Crippen molar-refractivity contribution in [1.82, 2.24) is 15.1 Å². The lowest BCUT2D eigenvalue weighted by Gasteiger charge is -2.01. The van der Waals surface area contributed by atoms with E-state index < -0.39 is 0 Å². The second-order valence-corrected chi connectivity index (χ2v) is 4.99. The average molecular weight is 242 g/mol. The fourth-order valence-electron chi connectivity index (χ4n) is 2.53. The lowest BCUT2D eigenvalue weighted by atomic mass is 10.1. The van der Waals surface area contributed by atoms with Gasteiger partial charge in [0.05, 0.1) is 5.56 Å². The monoisotopic (exact) mass is 242 g/mol. The van der Waals surface area contributed by atoms with Crippen LogP contribution in [-0.4, -0.2) is 15.1 Å². The summed E-state index contributed by atoms with van der Waals surface area (Å²) >= 11 is 0. The summed E-state index contributed by atoms with van der Waals surface area (Å²) in [5, 5.41) is 12.8. The van der Waals surface area contributed by atoms with Crippen LogP contribution < -0.4 is 0 Å². The highest BCUT2D eigenvalue weighted by atomic mass is 16.5. The zero-order valence-corrected chi connectivity index (χ0v) is 10.2. The predicted molar refractivity (Wildman–Crippen MR) is 64.6 cm³/mol. The fraction of sp³-hybridized carbons (Fsp3) is 0.462. The molecule has 0 aliphatic heterocycles. The molecule has 0 spiro atoms. The van der Waals surface area contributed by atoms with Gasteiger partial charge in [0.25, 0.3) is 5.89 Å². The highest BCUT2D eigenvalue weighted by Gasteiger charge is 2.27. The molecule has 92 valence electrons. The van der Waals surface area contributed by atoms with Crippen molar-refractivity contribution in [3.63, 3.8) is 0 Å². The maximum Gasteiger partial charge on any atom is 0.274 e. The minimum atomic E-state index is 0.419. The first kappa shape index (κ1) is 11.0. The first-order chi connectivity index (χ1) is 8.76. The first-order valence-electron chi connectivity index (χ1n) is 6.18. The van der Waals surface area contributed by atoms with E-state index in [0.29, 0.717) is 23.1 Å². The Morgan fingerprint density at radius 1 is 1.50 bits per heavy atom. The first-order valence-corrected chi connectivity index (χ1v) is 6.18. The van der Waals surface area contributed by atoms with Crippen molar-refractivity contribution in [2.75, 3.05) is 0 Å². The molecule has 5 nitrogen and oxygen atoms in total. The van der Waals surface area contributed by atoms with Gasteiger partial charge in [0.15, 0.2) is 5.82 Å². The summed E-state index contributed by atoms with van der Waals surface area (Å²) in [4.78, 5) is 7.39. The van der Waals surface area contributed by atoms with E-state index in [0.717, 1.165) is 24.6 Å². The van der Waals surface area contributed by atoms with E-state index in [-0.39, 0.29) is 0 Å². The molecule has 1 N–H and O–H groups in total. The smallest absolute Gasteiger partial charge is 0.274 e. The second-order valence-electron chi connectivity index (χ2n) is 4.99. The van der Waals surface area contributed by atoms with E-state index in [1.165, 1.54) is 6.42 Å². The van der Waals surface area contributed by atoms with Crippen LogP contribution in [0.4, 0.5) is 0 Å². The van der Waals surface area contributed by atoms with E-state index in [9.17, 15) is 0 Å². The van der Waals surface area contributed by atoms with Crippen LogP contribution in [0, 0.1) is 17.2 Å². The Balaban J connectivity index is 1.83. The Labute approximate surface area is 105 Å². The van der Waals surface area contributed by atoms with Crippen LogP contribution in [0.5, 0.6) is 0 Å². The highest BCUT2D eigenvalue weighted by molar-refractivity contribution is 5.51. The van der Waals surface area contributed by atoms with Gasteiger partial charge in [-0.1, -0.05) is 12.1 Å². The van der Waals surface area contributed by atoms with Gasteiger partial charge in [-0.15, -0.1) is 0 Å². The van der Waals surface area contributed by atoms with Crippen LogP contribution in [-0.2, 0) is 0 Å². The van der Waals surface area contributed by atoms with Gasteiger partial charge in [-0.25, -0.2) is 0 Å². The molecule has 3 rings (SSSR count). The summed E-state index contributed by atoms with van der Waals surface area (Å²) in [5.74, 6) is 2.42. The summed E-state index contributed by atoms with van der Waals surface area (Å²) in [6.45, 7) is 2.26. The molecule has 0 aromatic carbocycles. The Morgan fingerprint density at radius 3 is 3.06 bits per heavy atom. The lowest BCUT2D eigenvalue weighted by Crippen LogP contribution is -1.96. The zero-order valence-electron chi connectivity index (χ0n) is 10.2. The zero-order chi connectivity index (χ0) is 12.5. The Kier molecular flexibility index (Phi) is 2.63. The standard InChI is InChI=1S/C13H14N4O/c1-8-2-3-10(4-8)12-16-13(18-17-12)11-5-9(6-14)7-15-11/h5,7-8,10,15H,2-4H2,1H3. The van der Waals surface area contributed by atoms with Crippen molar-refractivity contribution < 1.29 is 4.52 Å². The number of rotatable bonds is 2. The largest absolute Gasteiger partial charge is 0.356 e. The molecule has 2 atom stereocenters. The average Bonchev–Trinajstić information content (AvgIpc) is 3.07. The van der Waals surface area contributed by atoms with Crippen molar-refractivity contribution >= 4 is 0 Å². The van der Waals surface area contributed by atoms with Crippen molar-refractivity contribution in [3.8, 4) is 17.7 Å². The molecule has 5 heteroatoms. The molecular formula is C13H14N4O. The number of aromatic amines is 1. The van der Waals surface area contributed by atoms with Gasteiger partial charge in [-0.3, -0.25) is 0 Å². The molecule has 18 heavy (non-hydrogen) atoms. The normalized spacial score (nSPS) is 23.1. The number of nitrogens with one attached hydrogen (secondary N) is 1. The predicted octanol–water partition coefficient (Wildman–Crippen LogP) is 2.84. The Morgan fingerprint density at radius 2 is 2.39 bits per heavy atom. The maximum absolute atomic E-state index is 8.77. The van der Waals surface area contributed by atoms with Crippen LogP contribution in [0.2, 0.25) is 0 Å². The maximum atomic E-state index is 8.77. The SMILES string of the molecule is CC1CCC(c2noc(-c3cc(C#N)c[nH]3)n2)C1. The second kappa shape index (κ2) is 4.30.